The number of rotatable bonds is 2. The summed E-state index contributed by atoms with van der Waals surface area (Å²) >= 11 is 0. The van der Waals surface area contributed by atoms with Gasteiger partial charge in [-0.25, -0.2) is 19.9 Å². The van der Waals surface area contributed by atoms with Crippen molar-refractivity contribution in [1.82, 2.24) is 19.9 Å². The van der Waals surface area contributed by atoms with Gasteiger partial charge in [-0.05, 0) is 12.1 Å². The number of nitrogen functional groups attached to an aromatic ring is 1. The van der Waals surface area contributed by atoms with Crippen molar-refractivity contribution in [2.45, 2.75) is 0 Å². The van der Waals surface area contributed by atoms with Gasteiger partial charge in [-0.15, -0.1) is 0 Å². The predicted molar refractivity (Wildman–Crippen MR) is 65.2 cm³/mol. The van der Waals surface area contributed by atoms with Gasteiger partial charge in [0.15, 0.2) is 0 Å². The van der Waals surface area contributed by atoms with Gasteiger partial charge in [0, 0.05) is 23.5 Å². The fraction of sp³-hybridized carbons (Fsp3) is 0. The van der Waals surface area contributed by atoms with Crippen LogP contribution in [-0.4, -0.2) is 19.9 Å². The number of hydrogen-bond donors (Lipinski definition) is 1. The van der Waals surface area contributed by atoms with Gasteiger partial charge in [-0.2, -0.15) is 0 Å². The molecule has 0 aliphatic rings. The highest BCUT2D eigenvalue weighted by molar-refractivity contribution is 5.78. The first-order valence-electron chi connectivity index (χ1n) is 5.26. The molecule has 0 aromatic carbocycles. The Morgan fingerprint density at radius 2 is 2.11 bits per heavy atom. The molecule has 0 saturated carbocycles. The lowest BCUT2D eigenvalue weighted by Crippen LogP contribution is -1.99. The largest absolute Gasteiger partial charge is 0.472 e. The van der Waals surface area contributed by atoms with Crippen molar-refractivity contribution < 1.29 is 4.42 Å². The SMILES string of the molecule is Nc1ncc(-c2ccncn2)c(-c2ccoc2)n1. The molecule has 2 N–H and O–H groups in total. The molecule has 0 saturated heterocycles. The van der Waals surface area contributed by atoms with Gasteiger partial charge in [0.25, 0.3) is 0 Å². The number of aromatic nitrogens is 4. The average Bonchev–Trinajstić information content (AvgIpc) is 2.93. The van der Waals surface area contributed by atoms with Gasteiger partial charge in [0.1, 0.15) is 6.33 Å². The Morgan fingerprint density at radius 1 is 1.17 bits per heavy atom. The second kappa shape index (κ2) is 4.25. The van der Waals surface area contributed by atoms with Crippen LogP contribution >= 0.6 is 0 Å². The molecular weight excluding hydrogens is 230 g/mol. The van der Waals surface area contributed by atoms with Crippen LogP contribution < -0.4 is 5.73 Å². The van der Waals surface area contributed by atoms with E-state index in [4.69, 9.17) is 10.2 Å². The van der Waals surface area contributed by atoms with Crippen LogP contribution in [0.2, 0.25) is 0 Å². The first-order valence-corrected chi connectivity index (χ1v) is 5.26. The summed E-state index contributed by atoms with van der Waals surface area (Å²) < 4.78 is 5.07. The molecule has 3 rings (SSSR count). The minimum Gasteiger partial charge on any atom is -0.472 e. The molecule has 0 radical (unpaired) electrons. The van der Waals surface area contributed by atoms with E-state index in [1.807, 2.05) is 6.07 Å². The van der Waals surface area contributed by atoms with Gasteiger partial charge < -0.3 is 10.2 Å². The van der Waals surface area contributed by atoms with Crippen molar-refractivity contribution in [1.29, 1.82) is 0 Å². The molecule has 3 aromatic rings. The van der Waals surface area contributed by atoms with Crippen molar-refractivity contribution in [2.24, 2.45) is 0 Å². The summed E-state index contributed by atoms with van der Waals surface area (Å²) in [6, 6.07) is 3.60. The molecule has 0 spiro atoms. The molecular formula is C12H9N5O. The molecule has 0 atom stereocenters. The molecule has 18 heavy (non-hydrogen) atoms. The number of anilines is 1. The summed E-state index contributed by atoms with van der Waals surface area (Å²) in [5.41, 5.74) is 8.67. The Hall–Kier alpha value is -2.76. The van der Waals surface area contributed by atoms with E-state index >= 15 is 0 Å². The zero-order valence-corrected chi connectivity index (χ0v) is 9.32. The van der Waals surface area contributed by atoms with E-state index in [0.29, 0.717) is 5.69 Å². The molecule has 0 amide bonds. The van der Waals surface area contributed by atoms with E-state index in [9.17, 15) is 0 Å². The minimum atomic E-state index is 0.212. The van der Waals surface area contributed by atoms with Gasteiger partial charge >= 0.3 is 0 Å². The number of furan rings is 1. The van der Waals surface area contributed by atoms with Crippen LogP contribution in [0.5, 0.6) is 0 Å². The van der Waals surface area contributed by atoms with Crippen LogP contribution in [0.25, 0.3) is 22.5 Å². The lowest BCUT2D eigenvalue weighted by molar-refractivity contribution is 0.568. The third-order valence-corrected chi connectivity index (χ3v) is 2.46. The fourth-order valence-corrected chi connectivity index (χ4v) is 1.65. The molecule has 0 aliphatic carbocycles. The van der Waals surface area contributed by atoms with Crippen LogP contribution in [0.3, 0.4) is 0 Å². The smallest absolute Gasteiger partial charge is 0.220 e. The summed E-state index contributed by atoms with van der Waals surface area (Å²) in [7, 11) is 0. The average molecular weight is 239 g/mol. The van der Waals surface area contributed by atoms with E-state index in [1.165, 1.54) is 6.33 Å². The number of nitrogens with zero attached hydrogens (tertiary/aromatic N) is 4. The Balaban J connectivity index is 2.21. The van der Waals surface area contributed by atoms with E-state index < -0.39 is 0 Å². The maximum Gasteiger partial charge on any atom is 0.220 e. The molecule has 0 bridgehead atoms. The predicted octanol–water partition coefficient (Wildman–Crippen LogP) is 1.78. The van der Waals surface area contributed by atoms with Crippen molar-refractivity contribution in [2.75, 3.05) is 5.73 Å². The van der Waals surface area contributed by atoms with Gasteiger partial charge in [0.05, 0.1) is 23.9 Å². The normalized spacial score (nSPS) is 10.4. The summed E-state index contributed by atoms with van der Waals surface area (Å²) in [5, 5.41) is 0. The zero-order chi connectivity index (χ0) is 12.4. The quantitative estimate of drug-likeness (QED) is 0.732. The number of hydrogen-bond acceptors (Lipinski definition) is 6. The monoisotopic (exact) mass is 239 g/mol. The second-order valence-corrected chi connectivity index (χ2v) is 3.60. The van der Waals surface area contributed by atoms with Crippen molar-refractivity contribution >= 4 is 5.95 Å². The summed E-state index contributed by atoms with van der Waals surface area (Å²) in [4.78, 5) is 16.3. The van der Waals surface area contributed by atoms with Crippen molar-refractivity contribution in [3.63, 3.8) is 0 Å². The van der Waals surface area contributed by atoms with Crippen molar-refractivity contribution in [3.8, 4) is 22.5 Å². The molecule has 3 aromatic heterocycles. The molecule has 0 fully saturated rings. The Kier molecular flexibility index (Phi) is 2.45. The lowest BCUT2D eigenvalue weighted by Gasteiger charge is -2.06. The molecule has 3 heterocycles. The third-order valence-electron chi connectivity index (χ3n) is 2.46. The first kappa shape index (κ1) is 10.4. The van der Waals surface area contributed by atoms with Gasteiger partial charge in [0.2, 0.25) is 5.95 Å². The molecule has 6 nitrogen and oxygen atoms in total. The molecule has 0 unspecified atom stereocenters. The maximum absolute atomic E-state index is 5.63. The van der Waals surface area contributed by atoms with E-state index in [0.717, 1.165) is 16.8 Å². The van der Waals surface area contributed by atoms with Crippen LogP contribution in [0.1, 0.15) is 0 Å². The molecule has 88 valence electrons. The Bertz CT molecular complexity index is 651. The highest BCUT2D eigenvalue weighted by Crippen LogP contribution is 2.28. The lowest BCUT2D eigenvalue weighted by atomic mass is 10.1. The van der Waals surface area contributed by atoms with Crippen LogP contribution in [0.15, 0.2) is 47.8 Å². The van der Waals surface area contributed by atoms with Crippen LogP contribution in [0, 0.1) is 0 Å². The molecule has 6 heteroatoms. The standard InChI is InChI=1S/C12H9N5O/c13-12-15-5-9(10-1-3-14-7-16-10)11(17-12)8-2-4-18-6-8/h1-7H,(H2,13,15,17). The second-order valence-electron chi connectivity index (χ2n) is 3.60. The van der Waals surface area contributed by atoms with Crippen LogP contribution in [-0.2, 0) is 0 Å². The van der Waals surface area contributed by atoms with E-state index in [1.54, 1.807) is 31.0 Å². The van der Waals surface area contributed by atoms with E-state index in [2.05, 4.69) is 19.9 Å². The fourth-order valence-electron chi connectivity index (χ4n) is 1.65. The summed E-state index contributed by atoms with van der Waals surface area (Å²) in [6.07, 6.45) is 7.97. The Morgan fingerprint density at radius 3 is 2.83 bits per heavy atom. The highest BCUT2D eigenvalue weighted by Gasteiger charge is 2.12. The summed E-state index contributed by atoms with van der Waals surface area (Å²) in [6.45, 7) is 0. The van der Waals surface area contributed by atoms with Crippen molar-refractivity contribution in [3.05, 3.63) is 43.4 Å². The highest BCUT2D eigenvalue weighted by atomic mass is 16.3. The first-order chi connectivity index (χ1) is 8.84. The minimum absolute atomic E-state index is 0.212. The number of nitrogens with two attached hydrogens (primary N) is 1. The summed E-state index contributed by atoms with van der Waals surface area (Å²) in [5.74, 6) is 0.212. The molecule has 0 aliphatic heterocycles. The third kappa shape index (κ3) is 1.80. The maximum atomic E-state index is 5.63. The Labute approximate surface area is 103 Å². The van der Waals surface area contributed by atoms with E-state index in [-0.39, 0.29) is 5.95 Å². The van der Waals surface area contributed by atoms with Gasteiger partial charge in [-0.1, -0.05) is 0 Å². The zero-order valence-electron chi connectivity index (χ0n) is 9.32. The topological polar surface area (TPSA) is 90.7 Å². The van der Waals surface area contributed by atoms with Gasteiger partial charge in [-0.3, -0.25) is 0 Å². The van der Waals surface area contributed by atoms with Crippen LogP contribution in [0.4, 0.5) is 5.95 Å².